The van der Waals surface area contributed by atoms with Crippen molar-refractivity contribution in [1.82, 2.24) is 5.32 Å². The third kappa shape index (κ3) is 3.42. The van der Waals surface area contributed by atoms with Gasteiger partial charge in [0.05, 0.1) is 0 Å². The number of nitrogens with one attached hydrogen (secondary N) is 1. The summed E-state index contributed by atoms with van der Waals surface area (Å²) in [5, 5.41) is 3.99. The number of carbonyl (C=O) groups excluding carboxylic acids is 2. The van der Waals surface area contributed by atoms with Crippen LogP contribution >= 0.6 is 11.6 Å². The second kappa shape index (κ2) is 6.40. The van der Waals surface area contributed by atoms with Crippen molar-refractivity contribution in [2.24, 2.45) is 0 Å². The molecule has 6 heteroatoms. The summed E-state index contributed by atoms with van der Waals surface area (Å²) >= 11 is 5.94. The fourth-order valence-corrected chi connectivity index (χ4v) is 2.23. The van der Waals surface area contributed by atoms with Crippen LogP contribution in [0.1, 0.15) is 36.9 Å². The number of esters is 1. The zero-order valence-corrected chi connectivity index (χ0v) is 13.7. The molecule has 0 fully saturated rings. The topological polar surface area (TPSA) is 68.5 Å². The number of halogens is 1. The van der Waals surface area contributed by atoms with Crippen molar-refractivity contribution in [1.29, 1.82) is 0 Å². The molecule has 1 heterocycles. The molecule has 1 aromatic heterocycles. The third-order valence-electron chi connectivity index (χ3n) is 3.17. The SMILES string of the molecule is Cc1c(C(=O)O[C@H](C)C(=O)NC(C)C)oc2ccc(Cl)cc12. The zero-order chi connectivity index (χ0) is 16.4. The van der Waals surface area contributed by atoms with Crippen LogP contribution in [0.2, 0.25) is 5.02 Å². The van der Waals surface area contributed by atoms with Crippen LogP contribution in [0.5, 0.6) is 0 Å². The highest BCUT2D eigenvalue weighted by Crippen LogP contribution is 2.28. The molecular formula is C16H18ClNO4. The summed E-state index contributed by atoms with van der Waals surface area (Å²) in [7, 11) is 0. The van der Waals surface area contributed by atoms with Gasteiger partial charge in [-0.1, -0.05) is 11.6 Å². The third-order valence-corrected chi connectivity index (χ3v) is 3.40. The first kappa shape index (κ1) is 16.4. The Morgan fingerprint density at radius 3 is 2.59 bits per heavy atom. The Hall–Kier alpha value is -2.01. The highest BCUT2D eigenvalue weighted by Gasteiger charge is 2.24. The van der Waals surface area contributed by atoms with E-state index in [0.29, 0.717) is 16.2 Å². The van der Waals surface area contributed by atoms with Gasteiger partial charge in [-0.25, -0.2) is 4.79 Å². The molecule has 1 aromatic carbocycles. The second-order valence-corrected chi connectivity index (χ2v) is 5.84. The molecular weight excluding hydrogens is 306 g/mol. The number of hydrogen-bond donors (Lipinski definition) is 1. The molecule has 0 radical (unpaired) electrons. The maximum absolute atomic E-state index is 12.2. The van der Waals surface area contributed by atoms with Gasteiger partial charge in [-0.05, 0) is 45.9 Å². The van der Waals surface area contributed by atoms with Crippen LogP contribution in [0.15, 0.2) is 22.6 Å². The lowest BCUT2D eigenvalue weighted by atomic mass is 10.1. The largest absolute Gasteiger partial charge is 0.449 e. The van der Waals surface area contributed by atoms with Crippen LogP contribution in [-0.2, 0) is 9.53 Å². The van der Waals surface area contributed by atoms with Gasteiger partial charge >= 0.3 is 5.97 Å². The predicted octanol–water partition coefficient (Wildman–Crippen LogP) is 3.46. The monoisotopic (exact) mass is 323 g/mol. The minimum atomic E-state index is -0.897. The van der Waals surface area contributed by atoms with Gasteiger partial charge in [-0.15, -0.1) is 0 Å². The molecule has 0 spiro atoms. The van der Waals surface area contributed by atoms with Crippen molar-refractivity contribution in [2.45, 2.75) is 39.8 Å². The van der Waals surface area contributed by atoms with E-state index in [9.17, 15) is 9.59 Å². The molecule has 0 saturated heterocycles. The molecule has 0 saturated carbocycles. The Balaban J connectivity index is 2.19. The van der Waals surface area contributed by atoms with Gasteiger partial charge in [0.25, 0.3) is 5.91 Å². The van der Waals surface area contributed by atoms with E-state index in [1.54, 1.807) is 25.1 Å². The molecule has 0 bridgehead atoms. The van der Waals surface area contributed by atoms with E-state index in [-0.39, 0.29) is 17.7 Å². The molecule has 0 unspecified atom stereocenters. The van der Waals surface area contributed by atoms with Gasteiger partial charge in [0.15, 0.2) is 6.10 Å². The number of carbonyl (C=O) groups is 2. The lowest BCUT2D eigenvalue weighted by Gasteiger charge is -2.14. The van der Waals surface area contributed by atoms with Crippen LogP contribution in [0.3, 0.4) is 0 Å². The molecule has 2 aromatic rings. The quantitative estimate of drug-likeness (QED) is 0.875. The summed E-state index contributed by atoms with van der Waals surface area (Å²) < 4.78 is 10.7. The first-order chi connectivity index (χ1) is 10.3. The van der Waals surface area contributed by atoms with E-state index in [2.05, 4.69) is 5.32 Å². The first-order valence-corrected chi connectivity index (χ1v) is 7.37. The van der Waals surface area contributed by atoms with E-state index in [4.69, 9.17) is 20.8 Å². The number of rotatable bonds is 4. The Morgan fingerprint density at radius 2 is 1.95 bits per heavy atom. The van der Waals surface area contributed by atoms with Gasteiger partial charge in [-0.3, -0.25) is 4.79 Å². The van der Waals surface area contributed by atoms with Crippen LogP contribution in [0, 0.1) is 6.92 Å². The predicted molar refractivity (Wildman–Crippen MR) is 84.1 cm³/mol. The minimum absolute atomic E-state index is 0.0243. The number of furan rings is 1. The molecule has 0 aliphatic heterocycles. The molecule has 1 amide bonds. The van der Waals surface area contributed by atoms with Crippen LogP contribution < -0.4 is 5.32 Å². The molecule has 2 rings (SSSR count). The van der Waals surface area contributed by atoms with Gasteiger partial charge < -0.3 is 14.5 Å². The van der Waals surface area contributed by atoms with E-state index >= 15 is 0 Å². The van der Waals surface area contributed by atoms with Crippen LogP contribution in [0.4, 0.5) is 0 Å². The maximum atomic E-state index is 12.2. The number of hydrogen-bond acceptors (Lipinski definition) is 4. The Labute approximate surface area is 133 Å². The summed E-state index contributed by atoms with van der Waals surface area (Å²) in [5.74, 6) is -0.933. The summed E-state index contributed by atoms with van der Waals surface area (Å²) in [6, 6.07) is 5.07. The number of aryl methyl sites for hydroxylation is 1. The molecule has 1 N–H and O–H groups in total. The van der Waals surface area contributed by atoms with E-state index in [1.165, 1.54) is 6.92 Å². The molecule has 0 aliphatic carbocycles. The van der Waals surface area contributed by atoms with Crippen LogP contribution in [0.25, 0.3) is 11.0 Å². The number of amides is 1. The average molecular weight is 324 g/mol. The van der Waals surface area contributed by atoms with Crippen molar-refractivity contribution in [3.05, 3.63) is 34.5 Å². The normalized spacial score (nSPS) is 12.5. The Kier molecular flexibility index (Phi) is 4.76. The fraction of sp³-hybridized carbons (Fsp3) is 0.375. The summed E-state index contributed by atoms with van der Waals surface area (Å²) in [6.45, 7) is 6.93. The standard InChI is InChI=1S/C16H18ClNO4/c1-8(2)18-15(19)10(4)21-16(20)14-9(3)12-7-11(17)5-6-13(12)22-14/h5-8,10H,1-4H3,(H,18,19)/t10-/m1/s1. The van der Waals surface area contributed by atoms with E-state index < -0.39 is 12.1 Å². The molecule has 22 heavy (non-hydrogen) atoms. The van der Waals surface area contributed by atoms with Gasteiger partial charge in [0.2, 0.25) is 5.76 Å². The zero-order valence-electron chi connectivity index (χ0n) is 12.9. The Morgan fingerprint density at radius 1 is 1.27 bits per heavy atom. The van der Waals surface area contributed by atoms with Gasteiger partial charge in [0, 0.05) is 22.0 Å². The lowest BCUT2D eigenvalue weighted by Crippen LogP contribution is -2.39. The summed E-state index contributed by atoms with van der Waals surface area (Å²) in [6.07, 6.45) is -0.897. The highest BCUT2D eigenvalue weighted by molar-refractivity contribution is 6.31. The number of benzene rings is 1. The van der Waals surface area contributed by atoms with Crippen molar-refractivity contribution < 1.29 is 18.7 Å². The van der Waals surface area contributed by atoms with Crippen molar-refractivity contribution in [2.75, 3.05) is 0 Å². The average Bonchev–Trinajstić information content (AvgIpc) is 2.75. The molecule has 0 aliphatic rings. The van der Waals surface area contributed by atoms with E-state index in [1.807, 2.05) is 13.8 Å². The summed E-state index contributed by atoms with van der Waals surface area (Å²) in [5.41, 5.74) is 1.19. The van der Waals surface area contributed by atoms with Crippen molar-refractivity contribution in [3.63, 3.8) is 0 Å². The smallest absolute Gasteiger partial charge is 0.375 e. The van der Waals surface area contributed by atoms with Crippen LogP contribution in [-0.4, -0.2) is 24.0 Å². The van der Waals surface area contributed by atoms with Gasteiger partial charge in [-0.2, -0.15) is 0 Å². The molecule has 5 nitrogen and oxygen atoms in total. The second-order valence-electron chi connectivity index (χ2n) is 5.41. The van der Waals surface area contributed by atoms with Crippen molar-refractivity contribution in [3.8, 4) is 0 Å². The molecule has 118 valence electrons. The highest BCUT2D eigenvalue weighted by atomic mass is 35.5. The first-order valence-electron chi connectivity index (χ1n) is 6.99. The van der Waals surface area contributed by atoms with E-state index in [0.717, 1.165) is 5.39 Å². The fourth-order valence-electron chi connectivity index (χ4n) is 2.06. The Bertz CT molecular complexity index is 720. The lowest BCUT2D eigenvalue weighted by molar-refractivity contribution is -0.129. The summed E-state index contributed by atoms with van der Waals surface area (Å²) in [4.78, 5) is 24.0. The van der Waals surface area contributed by atoms with Gasteiger partial charge in [0.1, 0.15) is 5.58 Å². The maximum Gasteiger partial charge on any atom is 0.375 e. The number of fused-ring (bicyclic) bond motifs is 1. The minimum Gasteiger partial charge on any atom is -0.449 e. The molecule has 1 atom stereocenters. The number of ether oxygens (including phenoxy) is 1. The van der Waals surface area contributed by atoms with Crippen molar-refractivity contribution >= 4 is 34.4 Å².